The van der Waals surface area contributed by atoms with E-state index < -0.39 is 18.1 Å². The number of halogens is 1. The smallest absolute Gasteiger partial charge is 0.404 e. The first-order valence-corrected chi connectivity index (χ1v) is 4.97. The summed E-state index contributed by atoms with van der Waals surface area (Å²) in [6.45, 7) is 0. The van der Waals surface area contributed by atoms with E-state index in [9.17, 15) is 14.3 Å². The summed E-state index contributed by atoms with van der Waals surface area (Å²) in [7, 11) is 0. The Bertz CT molecular complexity index is 419. The normalized spacial score (nSPS) is 28.2. The number of amides is 1. The van der Waals surface area contributed by atoms with Gasteiger partial charge in [-0.05, 0) is 18.4 Å². The molecule has 1 aromatic rings. The third-order valence-electron chi connectivity index (χ3n) is 2.76. The summed E-state index contributed by atoms with van der Waals surface area (Å²) in [5.41, 5.74) is 5.69. The lowest BCUT2D eigenvalue weighted by atomic mass is 9.85. The van der Waals surface area contributed by atoms with Crippen molar-refractivity contribution in [1.82, 2.24) is 0 Å². The Morgan fingerprint density at radius 2 is 2.25 bits per heavy atom. The van der Waals surface area contributed by atoms with Gasteiger partial charge in [0.2, 0.25) is 0 Å². The molecule has 0 aliphatic heterocycles. The zero-order valence-corrected chi connectivity index (χ0v) is 8.52. The predicted molar refractivity (Wildman–Crippen MR) is 54.2 cm³/mol. The van der Waals surface area contributed by atoms with Crippen molar-refractivity contribution in [1.29, 1.82) is 0 Å². The fourth-order valence-electron chi connectivity index (χ4n) is 2.01. The van der Waals surface area contributed by atoms with E-state index in [2.05, 4.69) is 4.74 Å². The summed E-state index contributed by atoms with van der Waals surface area (Å²) >= 11 is 0. The zero-order valence-electron chi connectivity index (χ0n) is 8.52. The maximum absolute atomic E-state index is 14.1. The molecule has 0 saturated carbocycles. The number of alkyl halides is 1. The van der Waals surface area contributed by atoms with Crippen LogP contribution in [0.25, 0.3) is 0 Å². The molecule has 3 N–H and O–H groups in total. The topological polar surface area (TPSA) is 72.6 Å². The van der Waals surface area contributed by atoms with Crippen LogP contribution in [0, 0.1) is 0 Å². The molecule has 1 aromatic carbocycles. The second-order valence-electron chi connectivity index (χ2n) is 3.79. The number of primary amides is 1. The average Bonchev–Trinajstić information content (AvgIpc) is 2.22. The van der Waals surface area contributed by atoms with Gasteiger partial charge in [0.1, 0.15) is 0 Å². The summed E-state index contributed by atoms with van der Waals surface area (Å²) < 4.78 is 18.7. The number of rotatable bonds is 1. The Kier molecular flexibility index (Phi) is 2.55. The van der Waals surface area contributed by atoms with E-state index in [-0.39, 0.29) is 12.0 Å². The molecule has 0 fully saturated rings. The number of ether oxygens (including phenoxy) is 1. The Labute approximate surface area is 91.8 Å². The molecule has 86 valence electrons. The Balaban J connectivity index is 2.35. The Hall–Kier alpha value is -1.62. The van der Waals surface area contributed by atoms with Crippen LogP contribution in [0.1, 0.15) is 17.5 Å². The van der Waals surface area contributed by atoms with Crippen LogP contribution < -0.4 is 5.73 Å². The largest absolute Gasteiger partial charge is 0.440 e. The van der Waals surface area contributed by atoms with Crippen molar-refractivity contribution in [2.24, 2.45) is 5.73 Å². The van der Waals surface area contributed by atoms with E-state index in [0.717, 1.165) is 5.56 Å². The number of carbonyl (C=O) groups excluding carboxylic acids is 1. The highest BCUT2D eigenvalue weighted by atomic mass is 19.2. The number of fused-ring (bicyclic) bond motifs is 1. The highest BCUT2D eigenvalue weighted by molar-refractivity contribution is 5.65. The number of benzene rings is 1. The monoisotopic (exact) mass is 225 g/mol. The SMILES string of the molecule is NC(=O)OC1CCc2ccccc2C1(O)F. The van der Waals surface area contributed by atoms with Crippen LogP contribution >= 0.6 is 0 Å². The molecule has 1 aliphatic rings. The van der Waals surface area contributed by atoms with Gasteiger partial charge in [-0.25, -0.2) is 9.18 Å². The molecule has 2 atom stereocenters. The third kappa shape index (κ3) is 1.74. The molecule has 1 aliphatic carbocycles. The predicted octanol–water partition coefficient (Wildman–Crippen LogP) is 1.21. The zero-order chi connectivity index (χ0) is 11.8. The van der Waals surface area contributed by atoms with Crippen molar-refractivity contribution in [2.45, 2.75) is 24.8 Å². The number of aryl methyl sites for hydroxylation is 1. The van der Waals surface area contributed by atoms with E-state index in [4.69, 9.17) is 5.73 Å². The van der Waals surface area contributed by atoms with Gasteiger partial charge in [0.05, 0.1) is 0 Å². The van der Waals surface area contributed by atoms with Gasteiger partial charge in [-0.3, -0.25) is 0 Å². The minimum atomic E-state index is -2.66. The van der Waals surface area contributed by atoms with Crippen LogP contribution in [-0.4, -0.2) is 17.3 Å². The fourth-order valence-corrected chi connectivity index (χ4v) is 2.01. The highest BCUT2D eigenvalue weighted by Gasteiger charge is 2.45. The van der Waals surface area contributed by atoms with Crippen molar-refractivity contribution in [3.8, 4) is 0 Å². The molecule has 16 heavy (non-hydrogen) atoms. The lowest BCUT2D eigenvalue weighted by Gasteiger charge is -2.34. The first-order valence-electron chi connectivity index (χ1n) is 4.97. The molecule has 2 rings (SSSR count). The maximum Gasteiger partial charge on any atom is 0.404 e. The van der Waals surface area contributed by atoms with Gasteiger partial charge in [-0.2, -0.15) is 0 Å². The van der Waals surface area contributed by atoms with Crippen molar-refractivity contribution in [3.05, 3.63) is 35.4 Å². The van der Waals surface area contributed by atoms with Gasteiger partial charge in [-0.1, -0.05) is 24.3 Å². The number of hydrogen-bond acceptors (Lipinski definition) is 3. The highest BCUT2D eigenvalue weighted by Crippen LogP contribution is 2.38. The molecule has 2 unspecified atom stereocenters. The van der Waals surface area contributed by atoms with E-state index in [1.807, 2.05) is 0 Å². The quantitative estimate of drug-likeness (QED) is 0.754. The van der Waals surface area contributed by atoms with Gasteiger partial charge >= 0.3 is 6.09 Å². The fraction of sp³-hybridized carbons (Fsp3) is 0.364. The molecular weight excluding hydrogens is 213 g/mol. The summed E-state index contributed by atoms with van der Waals surface area (Å²) in [5, 5.41) is 9.74. The first kappa shape index (κ1) is 10.9. The van der Waals surface area contributed by atoms with E-state index in [1.54, 1.807) is 18.2 Å². The number of aliphatic hydroxyl groups is 1. The molecule has 0 heterocycles. The molecule has 0 radical (unpaired) electrons. The summed E-state index contributed by atoms with van der Waals surface area (Å²) in [5.74, 6) is -2.66. The van der Waals surface area contributed by atoms with Gasteiger partial charge in [0.25, 0.3) is 5.85 Å². The van der Waals surface area contributed by atoms with Crippen LogP contribution in [0.5, 0.6) is 0 Å². The molecule has 0 aromatic heterocycles. The van der Waals surface area contributed by atoms with Crippen LogP contribution in [0.4, 0.5) is 9.18 Å². The van der Waals surface area contributed by atoms with Crippen LogP contribution in [0.15, 0.2) is 24.3 Å². The van der Waals surface area contributed by atoms with Crippen LogP contribution in [0.3, 0.4) is 0 Å². The first-order chi connectivity index (χ1) is 7.51. The second-order valence-corrected chi connectivity index (χ2v) is 3.79. The molecule has 0 spiro atoms. The van der Waals surface area contributed by atoms with Gasteiger partial charge in [0, 0.05) is 5.56 Å². The minimum Gasteiger partial charge on any atom is -0.440 e. The van der Waals surface area contributed by atoms with Gasteiger partial charge in [-0.15, -0.1) is 0 Å². The summed E-state index contributed by atoms with van der Waals surface area (Å²) in [4.78, 5) is 10.6. The molecule has 1 amide bonds. The van der Waals surface area contributed by atoms with E-state index >= 15 is 0 Å². The maximum atomic E-state index is 14.1. The second kappa shape index (κ2) is 3.75. The molecule has 5 heteroatoms. The summed E-state index contributed by atoms with van der Waals surface area (Å²) in [6, 6.07) is 6.60. The number of hydrogen-bond donors (Lipinski definition) is 2. The van der Waals surface area contributed by atoms with Crippen molar-refractivity contribution in [3.63, 3.8) is 0 Å². The van der Waals surface area contributed by atoms with Crippen molar-refractivity contribution >= 4 is 6.09 Å². The molecule has 0 saturated heterocycles. The van der Waals surface area contributed by atoms with Crippen LogP contribution in [-0.2, 0) is 17.0 Å². The molecular formula is C11H12FNO3. The van der Waals surface area contributed by atoms with Crippen LogP contribution in [0.2, 0.25) is 0 Å². The average molecular weight is 225 g/mol. The molecule has 4 nitrogen and oxygen atoms in total. The minimum absolute atomic E-state index is 0.146. The van der Waals surface area contributed by atoms with Gasteiger partial charge < -0.3 is 15.6 Å². The summed E-state index contributed by atoms with van der Waals surface area (Å²) in [6.07, 6.45) is -1.56. The van der Waals surface area contributed by atoms with Gasteiger partial charge in [0.15, 0.2) is 6.10 Å². The van der Waals surface area contributed by atoms with E-state index in [0.29, 0.717) is 6.42 Å². The molecule has 0 bridgehead atoms. The van der Waals surface area contributed by atoms with Crippen molar-refractivity contribution < 1.29 is 19.0 Å². The lowest BCUT2D eigenvalue weighted by Crippen LogP contribution is -2.43. The number of carbonyl (C=O) groups is 1. The van der Waals surface area contributed by atoms with E-state index in [1.165, 1.54) is 6.07 Å². The standard InChI is InChI=1S/C11H12FNO3/c12-11(15)8-4-2-1-3-7(8)5-6-9(11)16-10(13)14/h1-4,9,15H,5-6H2,(H2,13,14). The third-order valence-corrected chi connectivity index (χ3v) is 2.76. The Morgan fingerprint density at radius 1 is 1.56 bits per heavy atom. The number of nitrogens with two attached hydrogens (primary N) is 1. The van der Waals surface area contributed by atoms with Crippen molar-refractivity contribution in [2.75, 3.05) is 0 Å². The Morgan fingerprint density at radius 3 is 2.94 bits per heavy atom. The lowest BCUT2D eigenvalue weighted by molar-refractivity contribution is -0.184.